The van der Waals surface area contributed by atoms with Gasteiger partial charge in [0.25, 0.3) is 5.65 Å². The molecule has 0 aliphatic rings. The molecule has 0 aliphatic heterocycles. The quantitative estimate of drug-likeness (QED) is 0.487. The summed E-state index contributed by atoms with van der Waals surface area (Å²) in [6.45, 7) is 0.768. The smallest absolute Gasteiger partial charge is 0.294 e. The Hall–Kier alpha value is -2.03. The van der Waals surface area contributed by atoms with E-state index < -0.39 is 0 Å². The lowest BCUT2D eigenvalue weighted by molar-refractivity contribution is -0.661. The van der Waals surface area contributed by atoms with Crippen molar-refractivity contribution in [3.05, 3.63) is 83.8 Å². The average molecular weight is 329 g/mol. The molecule has 0 aliphatic carbocycles. The molecule has 4 rings (SSSR count). The van der Waals surface area contributed by atoms with Gasteiger partial charge in [-0.15, -0.1) is 0 Å². The lowest BCUT2D eigenvalue weighted by atomic mass is 10.1. The second-order valence-corrected chi connectivity index (χ2v) is 5.56. The maximum Gasteiger partial charge on any atom is 0.294 e. The third kappa shape index (κ3) is 2.45. The van der Waals surface area contributed by atoms with Crippen LogP contribution in [0, 0.1) is 0 Å². The highest BCUT2D eigenvalue weighted by Gasteiger charge is 2.14. The molecular weight excluding hydrogens is 315 g/mol. The van der Waals surface area contributed by atoms with E-state index in [4.69, 9.17) is 11.6 Å². The molecule has 0 radical (unpaired) electrons. The Bertz CT molecular complexity index is 944. The molecule has 0 fully saturated rings. The predicted molar refractivity (Wildman–Crippen MR) is 85.7 cm³/mol. The molecule has 4 aromatic rings. The van der Waals surface area contributed by atoms with Crippen LogP contribution in [0.3, 0.4) is 0 Å². The first-order chi connectivity index (χ1) is 10.3. The van der Waals surface area contributed by atoms with Gasteiger partial charge < -0.3 is 12.4 Å². The molecule has 2 nitrogen and oxygen atoms in total. The standard InChI is InChI=1S/C18H14ClN2.ClH/c19-17-8-4-2-6-15(17)13-21-12-11-20-10-9-14-5-1-3-7-16(14)18(20)21;/h1-12H,13H2;1H/q+1;/p-1. The van der Waals surface area contributed by atoms with Crippen LogP contribution in [0.25, 0.3) is 16.4 Å². The van der Waals surface area contributed by atoms with Gasteiger partial charge in [-0.1, -0.05) is 48.0 Å². The highest BCUT2D eigenvalue weighted by Crippen LogP contribution is 2.19. The second kappa shape index (κ2) is 5.99. The number of halogens is 2. The Labute approximate surface area is 140 Å². The van der Waals surface area contributed by atoms with E-state index in [2.05, 4.69) is 64.0 Å². The van der Waals surface area contributed by atoms with Crippen molar-refractivity contribution in [3.8, 4) is 0 Å². The molecule has 2 heterocycles. The van der Waals surface area contributed by atoms with Gasteiger partial charge in [0.15, 0.2) is 0 Å². The van der Waals surface area contributed by atoms with Crippen LogP contribution in [0.4, 0.5) is 0 Å². The zero-order chi connectivity index (χ0) is 14.2. The van der Waals surface area contributed by atoms with Crippen molar-refractivity contribution in [3.63, 3.8) is 0 Å². The van der Waals surface area contributed by atoms with E-state index in [0.29, 0.717) is 0 Å². The largest absolute Gasteiger partial charge is 1.00 e. The zero-order valence-corrected chi connectivity index (χ0v) is 13.3. The lowest BCUT2D eigenvalue weighted by Crippen LogP contribution is -3.00. The third-order valence-electron chi connectivity index (χ3n) is 3.84. The summed E-state index contributed by atoms with van der Waals surface area (Å²) in [4.78, 5) is 0. The van der Waals surface area contributed by atoms with Crippen LogP contribution < -0.4 is 17.0 Å². The van der Waals surface area contributed by atoms with Gasteiger partial charge in [-0.2, -0.15) is 0 Å². The van der Waals surface area contributed by atoms with E-state index in [-0.39, 0.29) is 12.4 Å². The Kier molecular flexibility index (Phi) is 4.06. The second-order valence-electron chi connectivity index (χ2n) is 5.15. The fourth-order valence-corrected chi connectivity index (χ4v) is 3.00. The van der Waals surface area contributed by atoms with Crippen LogP contribution >= 0.6 is 11.6 Å². The highest BCUT2D eigenvalue weighted by atomic mass is 35.5. The van der Waals surface area contributed by atoms with Crippen LogP contribution in [0.5, 0.6) is 0 Å². The number of hydrogen-bond acceptors (Lipinski definition) is 0. The van der Waals surface area contributed by atoms with Crippen molar-refractivity contribution < 1.29 is 17.0 Å². The minimum Gasteiger partial charge on any atom is -1.00 e. The first kappa shape index (κ1) is 14.9. The van der Waals surface area contributed by atoms with Gasteiger partial charge in [0, 0.05) is 10.6 Å². The SMILES string of the molecule is Clc1ccccc1C[n+]1ccn2ccc3ccccc3c21.[Cl-]. The van der Waals surface area contributed by atoms with Gasteiger partial charge in [-0.3, -0.25) is 0 Å². The number of rotatable bonds is 2. The molecule has 0 atom stereocenters. The number of benzene rings is 2. The van der Waals surface area contributed by atoms with Crippen LogP contribution in [0.15, 0.2) is 73.2 Å². The van der Waals surface area contributed by atoms with E-state index >= 15 is 0 Å². The normalized spacial score (nSPS) is 10.8. The summed E-state index contributed by atoms with van der Waals surface area (Å²) >= 11 is 6.29. The van der Waals surface area contributed by atoms with Crippen LogP contribution in [-0.4, -0.2) is 4.40 Å². The molecule has 0 N–H and O–H groups in total. The maximum absolute atomic E-state index is 6.29. The van der Waals surface area contributed by atoms with E-state index in [1.807, 2.05) is 18.2 Å². The van der Waals surface area contributed by atoms with Crippen molar-refractivity contribution in [1.82, 2.24) is 4.40 Å². The van der Waals surface area contributed by atoms with E-state index in [9.17, 15) is 0 Å². The molecule has 2 aromatic heterocycles. The fraction of sp³-hybridized carbons (Fsp3) is 0.0556. The summed E-state index contributed by atoms with van der Waals surface area (Å²) in [5.74, 6) is 0. The van der Waals surface area contributed by atoms with Gasteiger partial charge in [-0.05, 0) is 23.6 Å². The fourth-order valence-electron chi connectivity index (χ4n) is 2.80. The topological polar surface area (TPSA) is 8.29 Å². The molecule has 0 bridgehead atoms. The van der Waals surface area contributed by atoms with Gasteiger partial charge >= 0.3 is 0 Å². The maximum atomic E-state index is 6.29. The van der Waals surface area contributed by atoms with E-state index in [0.717, 1.165) is 17.1 Å². The molecule has 0 unspecified atom stereocenters. The Morgan fingerprint density at radius 2 is 1.68 bits per heavy atom. The molecule has 22 heavy (non-hydrogen) atoms. The minimum absolute atomic E-state index is 0. The van der Waals surface area contributed by atoms with E-state index in [1.54, 1.807) is 0 Å². The van der Waals surface area contributed by atoms with Crippen molar-refractivity contribution >= 4 is 28.0 Å². The Balaban J connectivity index is 0.00000144. The third-order valence-corrected chi connectivity index (χ3v) is 4.21. The molecule has 0 saturated heterocycles. The lowest BCUT2D eigenvalue weighted by Gasteiger charge is -2.03. The molecular formula is C18H14Cl2N2. The molecule has 110 valence electrons. The minimum atomic E-state index is 0. The van der Waals surface area contributed by atoms with Gasteiger partial charge in [0.2, 0.25) is 0 Å². The van der Waals surface area contributed by atoms with Crippen LogP contribution in [-0.2, 0) is 6.54 Å². The van der Waals surface area contributed by atoms with Crippen molar-refractivity contribution in [2.45, 2.75) is 6.54 Å². The van der Waals surface area contributed by atoms with Crippen molar-refractivity contribution in [1.29, 1.82) is 0 Å². The summed E-state index contributed by atoms with van der Waals surface area (Å²) in [7, 11) is 0. The number of pyridine rings is 1. The number of aromatic nitrogens is 2. The predicted octanol–water partition coefficient (Wildman–Crippen LogP) is 1.09. The molecule has 0 amide bonds. The summed E-state index contributed by atoms with van der Waals surface area (Å²) in [5.41, 5.74) is 2.32. The summed E-state index contributed by atoms with van der Waals surface area (Å²) < 4.78 is 4.39. The Morgan fingerprint density at radius 1 is 0.909 bits per heavy atom. The zero-order valence-electron chi connectivity index (χ0n) is 11.8. The van der Waals surface area contributed by atoms with Crippen molar-refractivity contribution in [2.75, 3.05) is 0 Å². The summed E-state index contributed by atoms with van der Waals surface area (Å²) in [6, 6.07) is 18.6. The first-order valence-electron chi connectivity index (χ1n) is 6.94. The van der Waals surface area contributed by atoms with Gasteiger partial charge in [0.05, 0.1) is 11.6 Å². The van der Waals surface area contributed by atoms with Gasteiger partial charge in [0.1, 0.15) is 18.9 Å². The number of nitrogens with zero attached hydrogens (tertiary/aromatic N) is 2. The average Bonchev–Trinajstić information content (AvgIpc) is 2.93. The number of imidazole rings is 1. The molecule has 2 aromatic carbocycles. The summed E-state index contributed by atoms with van der Waals surface area (Å²) in [5, 5.41) is 3.30. The highest BCUT2D eigenvalue weighted by molar-refractivity contribution is 6.31. The molecule has 0 spiro atoms. The monoisotopic (exact) mass is 328 g/mol. The van der Waals surface area contributed by atoms with Crippen LogP contribution in [0.1, 0.15) is 5.56 Å². The first-order valence-corrected chi connectivity index (χ1v) is 7.32. The number of fused-ring (bicyclic) bond motifs is 3. The van der Waals surface area contributed by atoms with Gasteiger partial charge in [-0.25, -0.2) is 8.97 Å². The van der Waals surface area contributed by atoms with Crippen LogP contribution in [0.2, 0.25) is 5.02 Å². The molecule has 0 saturated carbocycles. The summed E-state index contributed by atoms with van der Waals surface area (Å²) in [6.07, 6.45) is 6.28. The molecule has 4 heteroatoms. The Morgan fingerprint density at radius 3 is 2.55 bits per heavy atom. The van der Waals surface area contributed by atoms with Crippen molar-refractivity contribution in [2.24, 2.45) is 0 Å². The van der Waals surface area contributed by atoms with E-state index in [1.165, 1.54) is 16.4 Å². The number of hydrogen-bond donors (Lipinski definition) is 0.